The lowest BCUT2D eigenvalue weighted by Crippen LogP contribution is -2.48. The molecule has 0 unspecified atom stereocenters. The van der Waals surface area contributed by atoms with Gasteiger partial charge in [0.05, 0.1) is 5.56 Å². The summed E-state index contributed by atoms with van der Waals surface area (Å²) >= 11 is 0. The Labute approximate surface area is 159 Å². The highest BCUT2D eigenvalue weighted by atomic mass is 19.1. The molecule has 1 aliphatic heterocycles. The molecule has 4 rings (SSSR count). The first-order chi connectivity index (χ1) is 13.2. The first-order valence-corrected chi connectivity index (χ1v) is 9.71. The van der Waals surface area contributed by atoms with Crippen molar-refractivity contribution in [3.05, 3.63) is 54.0 Å². The molecule has 1 saturated heterocycles. The van der Waals surface area contributed by atoms with Crippen LogP contribution in [0.1, 0.15) is 36.0 Å². The van der Waals surface area contributed by atoms with Crippen molar-refractivity contribution >= 4 is 17.4 Å². The molecule has 1 amide bonds. The van der Waals surface area contributed by atoms with E-state index in [1.54, 1.807) is 18.3 Å². The molecule has 1 N–H and O–H groups in total. The van der Waals surface area contributed by atoms with Gasteiger partial charge in [-0.05, 0) is 49.2 Å². The molecule has 142 valence electrons. The lowest BCUT2D eigenvalue weighted by atomic mass is 10.2. The molecular formula is C21H25FN4O. The van der Waals surface area contributed by atoms with E-state index in [9.17, 15) is 9.18 Å². The van der Waals surface area contributed by atoms with Crippen molar-refractivity contribution in [1.82, 2.24) is 9.88 Å². The minimum atomic E-state index is -0.231. The molecule has 1 aromatic heterocycles. The summed E-state index contributed by atoms with van der Waals surface area (Å²) in [5, 5.41) is 3.45. The minimum absolute atomic E-state index is 0.0219. The molecule has 0 spiro atoms. The standard InChI is InChI=1S/C21H25FN4O/c22-17-6-8-19(9-7-17)25-11-13-26(14-12-25)21(27)16-5-10-20(23-15-16)24-18-3-1-2-4-18/h5-10,15,18H,1-4,11-14H2,(H,23,24). The van der Waals surface area contributed by atoms with Crippen molar-refractivity contribution in [3.8, 4) is 0 Å². The number of aromatic nitrogens is 1. The summed E-state index contributed by atoms with van der Waals surface area (Å²) in [6.45, 7) is 2.79. The van der Waals surface area contributed by atoms with Crippen molar-refractivity contribution in [2.75, 3.05) is 36.4 Å². The van der Waals surface area contributed by atoms with Crippen molar-refractivity contribution in [3.63, 3.8) is 0 Å². The van der Waals surface area contributed by atoms with Gasteiger partial charge in [-0.3, -0.25) is 4.79 Å². The summed E-state index contributed by atoms with van der Waals surface area (Å²) in [6.07, 6.45) is 6.61. The number of rotatable bonds is 4. The zero-order valence-electron chi connectivity index (χ0n) is 15.4. The average Bonchev–Trinajstić information content (AvgIpc) is 3.22. The molecule has 0 bridgehead atoms. The number of benzene rings is 1. The molecule has 0 radical (unpaired) electrons. The van der Waals surface area contributed by atoms with Crippen molar-refractivity contribution in [1.29, 1.82) is 0 Å². The van der Waals surface area contributed by atoms with E-state index in [1.165, 1.54) is 37.8 Å². The molecular weight excluding hydrogens is 343 g/mol. The van der Waals surface area contributed by atoms with Gasteiger partial charge in [-0.15, -0.1) is 0 Å². The molecule has 2 heterocycles. The highest BCUT2D eigenvalue weighted by Crippen LogP contribution is 2.22. The van der Waals surface area contributed by atoms with Crippen LogP contribution in [0.15, 0.2) is 42.6 Å². The first kappa shape index (κ1) is 17.8. The summed E-state index contributed by atoms with van der Waals surface area (Å²) in [5.74, 6) is 0.638. The van der Waals surface area contributed by atoms with Crippen molar-refractivity contribution in [2.45, 2.75) is 31.7 Å². The van der Waals surface area contributed by atoms with Crippen LogP contribution in [-0.2, 0) is 0 Å². The Morgan fingerprint density at radius 2 is 1.70 bits per heavy atom. The third kappa shape index (κ3) is 4.21. The Balaban J connectivity index is 1.32. The average molecular weight is 368 g/mol. The van der Waals surface area contributed by atoms with Crippen LogP contribution in [0.25, 0.3) is 0 Å². The molecule has 2 aliphatic rings. The van der Waals surface area contributed by atoms with Crippen LogP contribution >= 0.6 is 0 Å². The zero-order chi connectivity index (χ0) is 18.6. The van der Waals surface area contributed by atoms with Crippen LogP contribution in [0.3, 0.4) is 0 Å². The smallest absolute Gasteiger partial charge is 0.255 e. The van der Waals surface area contributed by atoms with E-state index in [4.69, 9.17) is 0 Å². The van der Waals surface area contributed by atoms with Gasteiger partial charge in [0.25, 0.3) is 5.91 Å². The summed E-state index contributed by atoms with van der Waals surface area (Å²) < 4.78 is 13.1. The predicted molar refractivity (Wildman–Crippen MR) is 105 cm³/mol. The van der Waals surface area contributed by atoms with Crippen LogP contribution in [-0.4, -0.2) is 48.0 Å². The van der Waals surface area contributed by atoms with E-state index in [2.05, 4.69) is 15.2 Å². The number of carbonyl (C=O) groups excluding carboxylic acids is 1. The zero-order valence-corrected chi connectivity index (χ0v) is 15.4. The Kier molecular flexibility index (Phi) is 5.23. The molecule has 1 aromatic carbocycles. The maximum atomic E-state index is 13.1. The summed E-state index contributed by atoms with van der Waals surface area (Å²) in [5.41, 5.74) is 1.62. The maximum absolute atomic E-state index is 13.1. The highest BCUT2D eigenvalue weighted by Gasteiger charge is 2.23. The number of hydrogen-bond donors (Lipinski definition) is 1. The summed E-state index contributed by atoms with van der Waals surface area (Å²) in [6, 6.07) is 10.8. The Morgan fingerprint density at radius 3 is 2.33 bits per heavy atom. The number of nitrogens with one attached hydrogen (secondary N) is 1. The summed E-state index contributed by atoms with van der Waals surface area (Å²) in [4.78, 5) is 21.2. The monoisotopic (exact) mass is 368 g/mol. The van der Waals surface area contributed by atoms with Crippen LogP contribution in [0.5, 0.6) is 0 Å². The maximum Gasteiger partial charge on any atom is 0.255 e. The Morgan fingerprint density at radius 1 is 1.00 bits per heavy atom. The fourth-order valence-electron chi connectivity index (χ4n) is 3.89. The quantitative estimate of drug-likeness (QED) is 0.897. The molecule has 6 heteroatoms. The second kappa shape index (κ2) is 7.94. The number of halogens is 1. The number of pyridine rings is 1. The van der Waals surface area contributed by atoms with Gasteiger partial charge in [0, 0.05) is 44.1 Å². The van der Waals surface area contributed by atoms with Gasteiger partial charge in [-0.2, -0.15) is 0 Å². The summed E-state index contributed by atoms with van der Waals surface area (Å²) in [7, 11) is 0. The highest BCUT2D eigenvalue weighted by molar-refractivity contribution is 5.94. The fourth-order valence-corrected chi connectivity index (χ4v) is 3.89. The second-order valence-corrected chi connectivity index (χ2v) is 7.31. The number of amides is 1. The van der Waals surface area contributed by atoms with Gasteiger partial charge in [0.1, 0.15) is 11.6 Å². The largest absolute Gasteiger partial charge is 0.368 e. The van der Waals surface area contributed by atoms with E-state index >= 15 is 0 Å². The van der Waals surface area contributed by atoms with Gasteiger partial charge in [-0.25, -0.2) is 9.37 Å². The number of hydrogen-bond acceptors (Lipinski definition) is 4. The van der Waals surface area contributed by atoms with E-state index in [-0.39, 0.29) is 11.7 Å². The van der Waals surface area contributed by atoms with Gasteiger partial charge >= 0.3 is 0 Å². The van der Waals surface area contributed by atoms with Crippen LogP contribution < -0.4 is 10.2 Å². The molecule has 0 atom stereocenters. The third-order valence-electron chi connectivity index (χ3n) is 5.48. The van der Waals surface area contributed by atoms with E-state index in [0.29, 0.717) is 24.7 Å². The van der Waals surface area contributed by atoms with E-state index in [1.807, 2.05) is 17.0 Å². The predicted octanol–water partition coefficient (Wildman–Crippen LogP) is 3.54. The topological polar surface area (TPSA) is 48.5 Å². The van der Waals surface area contributed by atoms with Crippen molar-refractivity contribution < 1.29 is 9.18 Å². The van der Waals surface area contributed by atoms with Crippen LogP contribution in [0.2, 0.25) is 0 Å². The van der Waals surface area contributed by atoms with Crippen LogP contribution in [0, 0.1) is 5.82 Å². The molecule has 1 aliphatic carbocycles. The van der Waals surface area contributed by atoms with Gasteiger partial charge in [0.2, 0.25) is 0 Å². The molecule has 2 aromatic rings. The van der Waals surface area contributed by atoms with Gasteiger partial charge in [-0.1, -0.05) is 12.8 Å². The number of anilines is 2. The second-order valence-electron chi connectivity index (χ2n) is 7.31. The van der Waals surface area contributed by atoms with E-state index < -0.39 is 0 Å². The van der Waals surface area contributed by atoms with Gasteiger partial charge in [0.15, 0.2) is 0 Å². The Bertz CT molecular complexity index is 764. The lowest BCUT2D eigenvalue weighted by Gasteiger charge is -2.36. The molecule has 1 saturated carbocycles. The van der Waals surface area contributed by atoms with Gasteiger partial charge < -0.3 is 15.1 Å². The van der Waals surface area contributed by atoms with E-state index in [0.717, 1.165) is 24.6 Å². The number of nitrogens with zero attached hydrogens (tertiary/aromatic N) is 3. The normalized spacial score (nSPS) is 18.0. The fraction of sp³-hybridized carbons (Fsp3) is 0.429. The van der Waals surface area contributed by atoms with Crippen molar-refractivity contribution in [2.24, 2.45) is 0 Å². The number of piperazine rings is 1. The first-order valence-electron chi connectivity index (χ1n) is 9.71. The SMILES string of the molecule is O=C(c1ccc(NC2CCCC2)nc1)N1CCN(c2ccc(F)cc2)CC1. The third-order valence-corrected chi connectivity index (χ3v) is 5.48. The Hall–Kier alpha value is -2.63. The lowest BCUT2D eigenvalue weighted by molar-refractivity contribution is 0.0746. The molecule has 5 nitrogen and oxygen atoms in total. The molecule has 2 fully saturated rings. The van der Waals surface area contributed by atoms with Crippen LogP contribution in [0.4, 0.5) is 15.9 Å². The molecule has 27 heavy (non-hydrogen) atoms. The number of carbonyl (C=O) groups is 1. The minimum Gasteiger partial charge on any atom is -0.368 e.